The lowest BCUT2D eigenvalue weighted by atomic mass is 10.3. The number of rotatable bonds is 8. The summed E-state index contributed by atoms with van der Waals surface area (Å²) in [6.45, 7) is 3.50. The highest BCUT2D eigenvalue weighted by Crippen LogP contribution is 2.15. The van der Waals surface area contributed by atoms with Crippen LogP contribution in [0.4, 0.5) is 10.5 Å². The van der Waals surface area contributed by atoms with Crippen LogP contribution in [0.15, 0.2) is 47.7 Å². The Morgan fingerprint density at radius 3 is 2.75 bits per heavy atom. The van der Waals surface area contributed by atoms with Crippen LogP contribution in [0.5, 0.6) is 5.75 Å². The molecule has 0 aliphatic heterocycles. The van der Waals surface area contributed by atoms with E-state index in [0.717, 1.165) is 18.6 Å². The second-order valence-electron chi connectivity index (χ2n) is 5.22. The Bertz CT molecular complexity index is 697. The van der Waals surface area contributed by atoms with Crippen molar-refractivity contribution >= 4 is 11.7 Å². The van der Waals surface area contributed by atoms with E-state index in [1.165, 1.54) is 23.2 Å². The van der Waals surface area contributed by atoms with Crippen molar-refractivity contribution in [3.05, 3.63) is 53.2 Å². The number of amides is 2. The van der Waals surface area contributed by atoms with Crippen molar-refractivity contribution in [3.8, 4) is 5.75 Å². The fourth-order valence-electron chi connectivity index (χ4n) is 1.98. The lowest BCUT2D eigenvalue weighted by Gasteiger charge is -2.10. The van der Waals surface area contributed by atoms with E-state index in [1.54, 1.807) is 12.1 Å². The maximum atomic E-state index is 11.8. The minimum atomic E-state index is -0.327. The van der Waals surface area contributed by atoms with Crippen LogP contribution in [-0.4, -0.2) is 28.7 Å². The normalized spacial score (nSPS) is 10.2. The Morgan fingerprint density at radius 2 is 2.04 bits per heavy atom. The van der Waals surface area contributed by atoms with E-state index < -0.39 is 0 Å². The number of carbonyl (C=O) groups excluding carboxylic acids is 1. The average molecular weight is 330 g/mol. The first kappa shape index (κ1) is 17.5. The van der Waals surface area contributed by atoms with Crippen LogP contribution in [0.1, 0.15) is 19.8 Å². The van der Waals surface area contributed by atoms with Gasteiger partial charge in [-0.25, -0.2) is 9.78 Å². The number of nitrogens with zero attached hydrogens (tertiary/aromatic N) is 2. The maximum absolute atomic E-state index is 11.8. The lowest BCUT2D eigenvalue weighted by molar-refractivity contribution is 0.251. The number of hydrogen-bond donors (Lipinski definition) is 2. The smallest absolute Gasteiger partial charge is 0.319 e. The van der Waals surface area contributed by atoms with Gasteiger partial charge in [-0.15, -0.1) is 0 Å². The van der Waals surface area contributed by atoms with Gasteiger partial charge >= 0.3 is 6.03 Å². The number of benzene rings is 1. The average Bonchev–Trinajstić information content (AvgIpc) is 2.58. The second kappa shape index (κ2) is 9.34. The molecular formula is C17H22N4O3. The quantitative estimate of drug-likeness (QED) is 0.727. The fourth-order valence-corrected chi connectivity index (χ4v) is 1.98. The highest BCUT2D eigenvalue weighted by Gasteiger charge is 2.02. The third-order valence-electron chi connectivity index (χ3n) is 3.31. The molecule has 0 atom stereocenters. The number of urea groups is 1. The van der Waals surface area contributed by atoms with Crippen LogP contribution < -0.4 is 20.9 Å². The van der Waals surface area contributed by atoms with Gasteiger partial charge in [-0.2, -0.15) is 0 Å². The summed E-state index contributed by atoms with van der Waals surface area (Å²) in [5.74, 6) is 0.783. The minimum absolute atomic E-state index is 0.147. The Kier molecular flexibility index (Phi) is 6.82. The molecule has 2 amide bonds. The Balaban J connectivity index is 1.74. The number of carbonyl (C=O) groups is 1. The SMILES string of the molecule is CCCCOc1ccc(NC(=O)NCCn2cnccc2=O)cc1. The van der Waals surface area contributed by atoms with Crippen molar-refractivity contribution in [2.75, 3.05) is 18.5 Å². The summed E-state index contributed by atoms with van der Waals surface area (Å²) >= 11 is 0. The van der Waals surface area contributed by atoms with E-state index in [1.807, 2.05) is 12.1 Å². The fraction of sp³-hybridized carbons (Fsp3) is 0.353. The number of ether oxygens (including phenoxy) is 1. The molecule has 0 aliphatic carbocycles. The van der Waals surface area contributed by atoms with Crippen molar-refractivity contribution in [1.29, 1.82) is 0 Å². The van der Waals surface area contributed by atoms with E-state index >= 15 is 0 Å². The van der Waals surface area contributed by atoms with E-state index in [2.05, 4.69) is 22.5 Å². The second-order valence-corrected chi connectivity index (χ2v) is 5.22. The molecule has 1 aromatic carbocycles. The first-order valence-electron chi connectivity index (χ1n) is 7.97. The van der Waals surface area contributed by atoms with Gasteiger partial charge in [0.15, 0.2) is 0 Å². The highest BCUT2D eigenvalue weighted by molar-refractivity contribution is 5.89. The summed E-state index contributed by atoms with van der Waals surface area (Å²) in [5, 5.41) is 5.42. The largest absolute Gasteiger partial charge is 0.494 e. The molecule has 2 rings (SSSR count). The summed E-state index contributed by atoms with van der Waals surface area (Å²) in [5.41, 5.74) is 0.528. The van der Waals surface area contributed by atoms with Gasteiger partial charge in [-0.3, -0.25) is 9.36 Å². The van der Waals surface area contributed by atoms with Gasteiger partial charge in [0.1, 0.15) is 5.75 Å². The molecule has 1 heterocycles. The molecule has 24 heavy (non-hydrogen) atoms. The molecule has 1 aromatic heterocycles. The molecular weight excluding hydrogens is 308 g/mol. The van der Waals surface area contributed by atoms with Crippen LogP contribution in [0, 0.1) is 0 Å². The van der Waals surface area contributed by atoms with Crippen molar-refractivity contribution < 1.29 is 9.53 Å². The number of hydrogen-bond acceptors (Lipinski definition) is 4. The van der Waals surface area contributed by atoms with Crippen molar-refractivity contribution in [3.63, 3.8) is 0 Å². The predicted molar refractivity (Wildman–Crippen MR) is 92.4 cm³/mol. The third kappa shape index (κ3) is 5.75. The van der Waals surface area contributed by atoms with Gasteiger partial charge in [0.05, 0.1) is 12.9 Å². The molecule has 0 bridgehead atoms. The molecule has 0 radical (unpaired) electrons. The molecule has 0 spiro atoms. The van der Waals surface area contributed by atoms with Crippen LogP contribution in [0.3, 0.4) is 0 Å². The Morgan fingerprint density at radius 1 is 1.25 bits per heavy atom. The van der Waals surface area contributed by atoms with Gasteiger partial charge in [0.2, 0.25) is 0 Å². The zero-order valence-electron chi connectivity index (χ0n) is 13.7. The zero-order valence-corrected chi connectivity index (χ0v) is 13.7. The van der Waals surface area contributed by atoms with Crippen molar-refractivity contribution in [1.82, 2.24) is 14.9 Å². The Labute approximate surface area is 140 Å². The summed E-state index contributed by atoms with van der Waals surface area (Å²) in [7, 11) is 0. The standard InChI is InChI=1S/C17H22N4O3/c1-2-3-12-24-15-6-4-14(5-7-15)20-17(23)19-10-11-21-13-18-9-8-16(21)22/h4-9,13H,2-3,10-12H2,1H3,(H2,19,20,23). The molecule has 7 heteroatoms. The third-order valence-corrected chi connectivity index (χ3v) is 3.31. The van der Waals surface area contributed by atoms with E-state index in [0.29, 0.717) is 25.4 Å². The summed E-state index contributed by atoms with van der Waals surface area (Å²) in [6, 6.07) is 8.26. The zero-order chi connectivity index (χ0) is 17.2. The van der Waals surface area contributed by atoms with Gasteiger partial charge in [-0.1, -0.05) is 13.3 Å². The number of unbranched alkanes of at least 4 members (excludes halogenated alkanes) is 1. The van der Waals surface area contributed by atoms with Crippen LogP contribution in [0.2, 0.25) is 0 Å². The monoisotopic (exact) mass is 330 g/mol. The van der Waals surface area contributed by atoms with Crippen LogP contribution in [-0.2, 0) is 6.54 Å². The van der Waals surface area contributed by atoms with Gasteiger partial charge in [-0.05, 0) is 30.7 Å². The topological polar surface area (TPSA) is 85.2 Å². The number of aromatic nitrogens is 2. The molecule has 7 nitrogen and oxygen atoms in total. The Hall–Kier alpha value is -2.83. The first-order chi connectivity index (χ1) is 11.7. The van der Waals surface area contributed by atoms with Crippen LogP contribution in [0.25, 0.3) is 0 Å². The lowest BCUT2D eigenvalue weighted by Crippen LogP contribution is -2.33. The highest BCUT2D eigenvalue weighted by atomic mass is 16.5. The molecule has 0 saturated carbocycles. The van der Waals surface area contributed by atoms with Crippen LogP contribution >= 0.6 is 0 Å². The summed E-state index contributed by atoms with van der Waals surface area (Å²) in [4.78, 5) is 27.2. The van der Waals surface area contributed by atoms with Crippen molar-refractivity contribution in [2.45, 2.75) is 26.3 Å². The molecule has 2 aromatic rings. The first-order valence-corrected chi connectivity index (χ1v) is 7.97. The molecule has 0 fully saturated rings. The minimum Gasteiger partial charge on any atom is -0.494 e. The molecule has 0 unspecified atom stereocenters. The maximum Gasteiger partial charge on any atom is 0.319 e. The predicted octanol–water partition coefficient (Wildman–Crippen LogP) is 2.24. The molecule has 128 valence electrons. The van der Waals surface area contributed by atoms with Gasteiger partial charge in [0, 0.05) is 31.0 Å². The molecule has 2 N–H and O–H groups in total. The van der Waals surface area contributed by atoms with E-state index in [9.17, 15) is 9.59 Å². The van der Waals surface area contributed by atoms with Gasteiger partial charge in [0.25, 0.3) is 5.56 Å². The van der Waals surface area contributed by atoms with Crippen molar-refractivity contribution in [2.24, 2.45) is 0 Å². The summed E-state index contributed by atoms with van der Waals surface area (Å²) in [6.07, 6.45) is 4.99. The molecule has 0 saturated heterocycles. The van der Waals surface area contributed by atoms with E-state index in [4.69, 9.17) is 4.74 Å². The number of anilines is 1. The summed E-state index contributed by atoms with van der Waals surface area (Å²) < 4.78 is 7.00. The van der Waals surface area contributed by atoms with E-state index in [-0.39, 0.29) is 11.6 Å². The van der Waals surface area contributed by atoms with Gasteiger partial charge < -0.3 is 15.4 Å². The molecule has 0 aliphatic rings. The number of nitrogens with one attached hydrogen (secondary N) is 2.